The predicted molar refractivity (Wildman–Crippen MR) is 117 cm³/mol. The molecule has 0 amide bonds. The van der Waals surface area contributed by atoms with Gasteiger partial charge in [0, 0.05) is 47.3 Å². The van der Waals surface area contributed by atoms with E-state index in [9.17, 15) is 22.4 Å². The van der Waals surface area contributed by atoms with Crippen molar-refractivity contribution < 1.29 is 27.2 Å². The van der Waals surface area contributed by atoms with E-state index in [2.05, 4.69) is 10.1 Å². The molecule has 2 aromatic carbocycles. The van der Waals surface area contributed by atoms with Gasteiger partial charge in [0.25, 0.3) is 5.60 Å². The Morgan fingerprint density at radius 3 is 2.48 bits per heavy atom. The zero-order chi connectivity index (χ0) is 24.0. The van der Waals surface area contributed by atoms with Gasteiger partial charge in [-0.3, -0.25) is 9.78 Å². The summed E-state index contributed by atoms with van der Waals surface area (Å²) >= 11 is 11.5. The van der Waals surface area contributed by atoms with E-state index in [-0.39, 0.29) is 11.5 Å². The summed E-state index contributed by atoms with van der Waals surface area (Å²) < 4.78 is 56.7. The molecule has 1 unspecified atom stereocenters. The molecule has 10 heteroatoms. The molecule has 3 aromatic rings. The Kier molecular flexibility index (Phi) is 6.09. The maximum atomic E-state index is 14.3. The number of aromatic nitrogens is 1. The minimum absolute atomic E-state index is 0.00888. The fourth-order valence-electron chi connectivity index (χ4n) is 3.88. The number of Topliss-reactive ketones (excluding diaryl/α,β-unsaturated/α-hetero) is 1. The van der Waals surface area contributed by atoms with E-state index in [1.165, 1.54) is 12.4 Å². The Labute approximate surface area is 196 Å². The molecule has 0 fully saturated rings. The van der Waals surface area contributed by atoms with Crippen molar-refractivity contribution >= 4 is 45.5 Å². The zero-order valence-electron chi connectivity index (χ0n) is 17.1. The summed E-state index contributed by atoms with van der Waals surface area (Å²) in [6.07, 6.45) is -1.66. The molecule has 0 radical (unpaired) electrons. The molecule has 4 nitrogen and oxygen atoms in total. The van der Waals surface area contributed by atoms with Gasteiger partial charge in [-0.2, -0.15) is 13.2 Å². The van der Waals surface area contributed by atoms with Crippen molar-refractivity contribution in [1.29, 1.82) is 0 Å². The van der Waals surface area contributed by atoms with Crippen LogP contribution in [0, 0.1) is 5.82 Å². The van der Waals surface area contributed by atoms with Crippen LogP contribution in [0.2, 0.25) is 10.0 Å². The van der Waals surface area contributed by atoms with Crippen LogP contribution in [0.5, 0.6) is 0 Å². The molecule has 1 aliphatic heterocycles. The standard InChI is InChI=1S/C23H16Cl2F4N2O2/c1-2-3-20(32)15-5-4-14(13-6-7-30-11-16(13)15)19-10-22(33-31-19,23(27,28)29)12-8-17(24)21(26)18(25)9-12/h4-9,11H,2-3,10H2,1H3. The average Bonchev–Trinajstić information content (AvgIpc) is 3.23. The van der Waals surface area contributed by atoms with Gasteiger partial charge in [-0.05, 0) is 30.0 Å². The Balaban J connectivity index is 1.82. The number of pyridine rings is 1. The first-order chi connectivity index (χ1) is 15.6. The molecule has 0 aliphatic carbocycles. The van der Waals surface area contributed by atoms with E-state index in [0.717, 1.165) is 12.1 Å². The van der Waals surface area contributed by atoms with E-state index < -0.39 is 39.6 Å². The zero-order valence-corrected chi connectivity index (χ0v) is 18.7. The third-order valence-corrected chi connectivity index (χ3v) is 6.09. The topological polar surface area (TPSA) is 51.5 Å². The molecule has 0 spiro atoms. The lowest BCUT2D eigenvalue weighted by Crippen LogP contribution is -2.42. The number of oxime groups is 1. The highest BCUT2D eigenvalue weighted by Gasteiger charge is 2.62. The molecule has 0 N–H and O–H groups in total. The second kappa shape index (κ2) is 8.57. The largest absolute Gasteiger partial charge is 0.435 e. The maximum absolute atomic E-state index is 14.3. The number of carbonyl (C=O) groups excluding carboxylic acids is 1. The second-order valence-corrected chi connectivity index (χ2v) is 8.45. The van der Waals surface area contributed by atoms with Crippen LogP contribution in [-0.4, -0.2) is 22.7 Å². The monoisotopic (exact) mass is 498 g/mol. The lowest BCUT2D eigenvalue weighted by atomic mass is 9.85. The molecule has 2 heterocycles. The highest BCUT2D eigenvalue weighted by molar-refractivity contribution is 6.35. The molecule has 0 saturated carbocycles. The van der Waals surface area contributed by atoms with Crippen molar-refractivity contribution in [3.8, 4) is 0 Å². The summed E-state index contributed by atoms with van der Waals surface area (Å²) in [6.45, 7) is 1.88. The molecular formula is C23H16Cl2F4N2O2. The third-order valence-electron chi connectivity index (χ3n) is 5.54. The fraction of sp³-hybridized carbons (Fsp3) is 0.261. The van der Waals surface area contributed by atoms with E-state index >= 15 is 0 Å². The van der Waals surface area contributed by atoms with E-state index in [4.69, 9.17) is 28.0 Å². The molecule has 0 saturated heterocycles. The highest BCUT2D eigenvalue weighted by atomic mass is 35.5. The summed E-state index contributed by atoms with van der Waals surface area (Å²) in [5, 5.41) is 3.66. The number of halogens is 6. The lowest BCUT2D eigenvalue weighted by molar-refractivity contribution is -0.275. The number of carbonyl (C=O) groups is 1. The van der Waals surface area contributed by atoms with E-state index in [1.54, 1.807) is 18.2 Å². The Hall–Kier alpha value is -2.71. The van der Waals surface area contributed by atoms with Gasteiger partial charge in [0.2, 0.25) is 0 Å². The Morgan fingerprint density at radius 2 is 1.85 bits per heavy atom. The molecule has 172 valence electrons. The van der Waals surface area contributed by atoms with Gasteiger partial charge in [-0.25, -0.2) is 4.39 Å². The fourth-order valence-corrected chi connectivity index (χ4v) is 4.37. The van der Waals surface area contributed by atoms with Gasteiger partial charge in [0.05, 0.1) is 15.8 Å². The highest BCUT2D eigenvalue weighted by Crippen LogP contribution is 2.50. The van der Waals surface area contributed by atoms with E-state index in [1.807, 2.05) is 6.92 Å². The smallest absolute Gasteiger partial charge is 0.374 e. The van der Waals surface area contributed by atoms with E-state index in [0.29, 0.717) is 34.7 Å². The van der Waals surface area contributed by atoms with Crippen molar-refractivity contribution in [2.24, 2.45) is 5.16 Å². The molecule has 1 aliphatic rings. The number of hydrogen-bond donors (Lipinski definition) is 0. The molecule has 1 aromatic heterocycles. The Bertz CT molecular complexity index is 1270. The number of benzene rings is 2. The predicted octanol–water partition coefficient (Wildman–Crippen LogP) is 7.25. The summed E-state index contributed by atoms with van der Waals surface area (Å²) in [7, 11) is 0. The van der Waals surface area contributed by atoms with Gasteiger partial charge < -0.3 is 4.84 Å². The van der Waals surface area contributed by atoms with Crippen LogP contribution in [0.3, 0.4) is 0 Å². The van der Waals surface area contributed by atoms with Crippen LogP contribution in [0.4, 0.5) is 17.6 Å². The van der Waals surface area contributed by atoms with Crippen LogP contribution >= 0.6 is 23.2 Å². The van der Waals surface area contributed by atoms with Gasteiger partial charge in [0.1, 0.15) is 0 Å². The number of ketones is 1. The van der Waals surface area contributed by atoms with Crippen LogP contribution in [-0.2, 0) is 10.4 Å². The Morgan fingerprint density at radius 1 is 1.15 bits per heavy atom. The van der Waals surface area contributed by atoms with Crippen LogP contribution in [0.15, 0.2) is 47.9 Å². The van der Waals surface area contributed by atoms with Crippen molar-refractivity contribution in [2.45, 2.75) is 38.0 Å². The SMILES string of the molecule is CCCC(=O)c1ccc(C2=NOC(c3cc(Cl)c(F)c(Cl)c3)(C(F)(F)F)C2)c2ccncc12. The van der Waals surface area contributed by atoms with Gasteiger partial charge in [0.15, 0.2) is 11.6 Å². The van der Waals surface area contributed by atoms with Crippen LogP contribution in [0.1, 0.15) is 47.7 Å². The lowest BCUT2D eigenvalue weighted by Gasteiger charge is -2.29. The van der Waals surface area contributed by atoms with Crippen molar-refractivity contribution in [1.82, 2.24) is 4.98 Å². The number of fused-ring (bicyclic) bond motifs is 1. The number of alkyl halides is 3. The van der Waals surface area contributed by atoms with Crippen LogP contribution in [0.25, 0.3) is 10.8 Å². The van der Waals surface area contributed by atoms with Crippen molar-refractivity contribution in [3.63, 3.8) is 0 Å². The summed E-state index contributed by atoms with van der Waals surface area (Å²) in [4.78, 5) is 21.6. The van der Waals surface area contributed by atoms with Crippen molar-refractivity contribution in [3.05, 3.63) is 75.3 Å². The normalized spacial score (nSPS) is 18.3. The minimum atomic E-state index is -4.92. The molecule has 1 atom stereocenters. The summed E-state index contributed by atoms with van der Waals surface area (Å²) in [5.41, 5.74) is -2.56. The second-order valence-electron chi connectivity index (χ2n) is 7.64. The summed E-state index contributed by atoms with van der Waals surface area (Å²) in [6, 6.07) is 6.38. The third kappa shape index (κ3) is 3.95. The first kappa shape index (κ1) is 23.4. The first-order valence-corrected chi connectivity index (χ1v) is 10.7. The van der Waals surface area contributed by atoms with Gasteiger partial charge in [-0.1, -0.05) is 47.4 Å². The minimum Gasteiger partial charge on any atom is -0.374 e. The molecule has 4 rings (SSSR count). The molecular weight excluding hydrogens is 483 g/mol. The van der Waals surface area contributed by atoms with Crippen molar-refractivity contribution in [2.75, 3.05) is 0 Å². The quantitative estimate of drug-likeness (QED) is 0.211. The van der Waals surface area contributed by atoms with Gasteiger partial charge >= 0.3 is 6.18 Å². The first-order valence-electron chi connectivity index (χ1n) is 9.96. The van der Waals surface area contributed by atoms with Gasteiger partial charge in [-0.15, -0.1) is 0 Å². The van der Waals surface area contributed by atoms with Crippen LogP contribution < -0.4 is 0 Å². The molecule has 0 bridgehead atoms. The average molecular weight is 499 g/mol. The number of rotatable bonds is 5. The number of nitrogens with zero attached hydrogens (tertiary/aromatic N) is 2. The molecule has 33 heavy (non-hydrogen) atoms. The summed E-state index contributed by atoms with van der Waals surface area (Å²) in [5.74, 6) is -1.11. The number of hydrogen-bond acceptors (Lipinski definition) is 4. The maximum Gasteiger partial charge on any atom is 0.435 e.